The van der Waals surface area contributed by atoms with Gasteiger partial charge < -0.3 is 5.11 Å². The van der Waals surface area contributed by atoms with E-state index in [0.717, 1.165) is 5.56 Å². The summed E-state index contributed by atoms with van der Waals surface area (Å²) in [5.41, 5.74) is 0.0383. The van der Waals surface area contributed by atoms with Gasteiger partial charge >= 0.3 is 0 Å². The van der Waals surface area contributed by atoms with Crippen molar-refractivity contribution in [3.63, 3.8) is 0 Å². The fourth-order valence-corrected chi connectivity index (χ4v) is 1.24. The lowest BCUT2D eigenvalue weighted by Gasteiger charge is -2.26. The van der Waals surface area contributed by atoms with E-state index in [-0.39, 0.29) is 12.4 Å². The van der Waals surface area contributed by atoms with Gasteiger partial charge in [0.2, 0.25) is 0 Å². The van der Waals surface area contributed by atoms with E-state index in [1.807, 2.05) is 37.3 Å². The van der Waals surface area contributed by atoms with Crippen LogP contribution in [0.1, 0.15) is 18.9 Å². The zero-order valence-electron chi connectivity index (χ0n) is 7.95. The van der Waals surface area contributed by atoms with Crippen LogP contribution in [-0.2, 0) is 5.72 Å². The van der Waals surface area contributed by atoms with Crippen LogP contribution in [0.3, 0.4) is 0 Å². The molecule has 0 aromatic heterocycles. The van der Waals surface area contributed by atoms with Crippen LogP contribution in [0.15, 0.2) is 30.3 Å². The van der Waals surface area contributed by atoms with Crippen LogP contribution in [0.4, 0.5) is 0 Å². The summed E-state index contributed by atoms with van der Waals surface area (Å²) in [7, 11) is 1.76. The van der Waals surface area contributed by atoms with E-state index in [9.17, 15) is 5.11 Å². The zero-order chi connectivity index (χ0) is 9.03. The highest BCUT2D eigenvalue weighted by Crippen LogP contribution is 2.20. The molecule has 0 bridgehead atoms. The molecule has 1 atom stereocenters. The van der Waals surface area contributed by atoms with Crippen molar-refractivity contribution in [3.05, 3.63) is 35.9 Å². The molecule has 1 aromatic carbocycles. The Morgan fingerprint density at radius 3 is 2.23 bits per heavy atom. The summed E-state index contributed by atoms with van der Waals surface area (Å²) < 4.78 is 0. The molecule has 13 heavy (non-hydrogen) atoms. The van der Waals surface area contributed by atoms with Crippen molar-refractivity contribution >= 4 is 12.4 Å². The van der Waals surface area contributed by atoms with E-state index < -0.39 is 5.72 Å². The first kappa shape index (κ1) is 12.4. The third-order valence-corrected chi connectivity index (χ3v) is 2.18. The lowest BCUT2D eigenvalue weighted by molar-refractivity contribution is 0.00413. The molecule has 2 nitrogen and oxygen atoms in total. The predicted molar refractivity (Wildman–Crippen MR) is 56.9 cm³/mol. The first-order valence-electron chi connectivity index (χ1n) is 4.19. The summed E-state index contributed by atoms with van der Waals surface area (Å²) in [6.45, 7) is 1.95. The second-order valence-electron chi connectivity index (χ2n) is 2.83. The molecule has 0 spiro atoms. The molecule has 0 saturated heterocycles. The van der Waals surface area contributed by atoms with Gasteiger partial charge in [0.25, 0.3) is 0 Å². The molecule has 0 heterocycles. The molecule has 3 heteroatoms. The Morgan fingerprint density at radius 1 is 1.31 bits per heavy atom. The van der Waals surface area contributed by atoms with Crippen molar-refractivity contribution in [1.82, 2.24) is 5.32 Å². The summed E-state index contributed by atoms with van der Waals surface area (Å²) in [6.07, 6.45) is 0.660. The monoisotopic (exact) mass is 201 g/mol. The highest BCUT2D eigenvalue weighted by atomic mass is 35.5. The quantitative estimate of drug-likeness (QED) is 0.733. The molecular formula is C10H16ClNO. The van der Waals surface area contributed by atoms with Crippen molar-refractivity contribution in [2.24, 2.45) is 0 Å². The second kappa shape index (κ2) is 5.22. The number of hydrogen-bond acceptors (Lipinski definition) is 2. The summed E-state index contributed by atoms with van der Waals surface area (Å²) in [4.78, 5) is 0. The molecule has 1 aromatic rings. The third-order valence-electron chi connectivity index (χ3n) is 2.18. The van der Waals surface area contributed by atoms with Gasteiger partial charge in [0, 0.05) is 0 Å². The predicted octanol–water partition coefficient (Wildman–Crippen LogP) is 1.88. The number of aliphatic hydroxyl groups is 1. The minimum absolute atomic E-state index is 0. The zero-order valence-corrected chi connectivity index (χ0v) is 8.77. The van der Waals surface area contributed by atoms with Gasteiger partial charge in [0.1, 0.15) is 5.72 Å². The van der Waals surface area contributed by atoms with Gasteiger partial charge in [-0.05, 0) is 19.0 Å². The number of benzene rings is 1. The Morgan fingerprint density at radius 2 is 1.85 bits per heavy atom. The number of halogens is 1. The van der Waals surface area contributed by atoms with Gasteiger partial charge in [0.05, 0.1) is 0 Å². The summed E-state index contributed by atoms with van der Waals surface area (Å²) in [6, 6.07) is 9.62. The number of nitrogens with one attached hydrogen (secondary N) is 1. The van der Waals surface area contributed by atoms with Gasteiger partial charge in [-0.15, -0.1) is 12.4 Å². The lowest BCUT2D eigenvalue weighted by atomic mass is 10.0. The lowest BCUT2D eigenvalue weighted by Crippen LogP contribution is -2.38. The topological polar surface area (TPSA) is 32.3 Å². The molecular weight excluding hydrogens is 186 g/mol. The molecule has 0 aliphatic heterocycles. The summed E-state index contributed by atoms with van der Waals surface area (Å²) in [5.74, 6) is 0. The molecule has 2 N–H and O–H groups in total. The van der Waals surface area contributed by atoms with Gasteiger partial charge in [-0.1, -0.05) is 37.3 Å². The molecule has 1 rings (SSSR count). The smallest absolute Gasteiger partial charge is 0.141 e. The second-order valence-corrected chi connectivity index (χ2v) is 2.83. The molecule has 0 fully saturated rings. The van der Waals surface area contributed by atoms with Gasteiger partial charge in [-0.2, -0.15) is 0 Å². The number of rotatable bonds is 3. The van der Waals surface area contributed by atoms with Crippen LogP contribution < -0.4 is 5.32 Å². The van der Waals surface area contributed by atoms with Gasteiger partial charge in [0.15, 0.2) is 0 Å². The minimum atomic E-state index is -0.874. The van der Waals surface area contributed by atoms with Crippen LogP contribution >= 0.6 is 12.4 Å². The van der Waals surface area contributed by atoms with Gasteiger partial charge in [-0.25, -0.2) is 0 Å². The van der Waals surface area contributed by atoms with Crippen molar-refractivity contribution < 1.29 is 5.11 Å². The summed E-state index contributed by atoms with van der Waals surface area (Å²) >= 11 is 0. The normalized spacial score (nSPS) is 14.4. The first-order chi connectivity index (χ1) is 5.73. The molecule has 1 unspecified atom stereocenters. The average molecular weight is 202 g/mol. The van der Waals surface area contributed by atoms with Crippen LogP contribution in [0, 0.1) is 0 Å². The molecule has 0 aliphatic rings. The van der Waals surface area contributed by atoms with Crippen LogP contribution in [0.25, 0.3) is 0 Å². The van der Waals surface area contributed by atoms with E-state index in [2.05, 4.69) is 5.32 Å². The van der Waals surface area contributed by atoms with Crippen molar-refractivity contribution in [2.45, 2.75) is 19.1 Å². The van der Waals surface area contributed by atoms with E-state index in [4.69, 9.17) is 0 Å². The maximum Gasteiger partial charge on any atom is 0.141 e. The van der Waals surface area contributed by atoms with Crippen molar-refractivity contribution in [3.8, 4) is 0 Å². The largest absolute Gasteiger partial charge is 0.372 e. The fourth-order valence-electron chi connectivity index (χ4n) is 1.24. The van der Waals surface area contributed by atoms with Crippen molar-refractivity contribution in [2.75, 3.05) is 7.05 Å². The Kier molecular flexibility index (Phi) is 4.99. The van der Waals surface area contributed by atoms with Gasteiger partial charge in [-0.3, -0.25) is 5.32 Å². The Hall–Kier alpha value is -0.570. The van der Waals surface area contributed by atoms with Crippen LogP contribution in [0.5, 0.6) is 0 Å². The van der Waals surface area contributed by atoms with E-state index >= 15 is 0 Å². The summed E-state index contributed by atoms with van der Waals surface area (Å²) in [5, 5.41) is 12.9. The van der Waals surface area contributed by atoms with E-state index in [1.165, 1.54) is 0 Å². The third kappa shape index (κ3) is 2.69. The highest BCUT2D eigenvalue weighted by Gasteiger charge is 2.23. The van der Waals surface area contributed by atoms with Crippen LogP contribution in [-0.4, -0.2) is 12.2 Å². The Labute approximate surface area is 85.4 Å². The fraction of sp³-hybridized carbons (Fsp3) is 0.400. The van der Waals surface area contributed by atoms with E-state index in [0.29, 0.717) is 6.42 Å². The molecule has 0 aliphatic carbocycles. The van der Waals surface area contributed by atoms with E-state index in [1.54, 1.807) is 7.05 Å². The SMILES string of the molecule is CCC(O)(NC)c1ccccc1.Cl. The standard InChI is InChI=1S/C10H15NO.ClH/c1-3-10(12,11-2)9-7-5-4-6-8-9;/h4-8,11-12H,3H2,1-2H3;1H. The molecule has 0 radical (unpaired) electrons. The molecule has 0 saturated carbocycles. The van der Waals surface area contributed by atoms with Crippen LogP contribution in [0.2, 0.25) is 0 Å². The molecule has 74 valence electrons. The highest BCUT2D eigenvalue weighted by molar-refractivity contribution is 5.85. The maximum atomic E-state index is 9.99. The first-order valence-corrected chi connectivity index (χ1v) is 4.19. The maximum absolute atomic E-state index is 9.99. The number of hydrogen-bond donors (Lipinski definition) is 2. The van der Waals surface area contributed by atoms with Crippen molar-refractivity contribution in [1.29, 1.82) is 0 Å². The molecule has 0 amide bonds. The average Bonchev–Trinajstić information content (AvgIpc) is 2.18. The Balaban J connectivity index is 0.00000144. The minimum Gasteiger partial charge on any atom is -0.372 e. The Bertz CT molecular complexity index is 234.